The van der Waals surface area contributed by atoms with E-state index in [1.165, 1.54) is 0 Å². The fourth-order valence-corrected chi connectivity index (χ4v) is 4.10. The molecule has 0 spiro atoms. The third-order valence-corrected chi connectivity index (χ3v) is 5.67. The summed E-state index contributed by atoms with van der Waals surface area (Å²) in [6.07, 6.45) is 3.17. The molecule has 1 amide bonds. The fourth-order valence-electron chi connectivity index (χ4n) is 4.10. The lowest BCUT2D eigenvalue weighted by Crippen LogP contribution is -2.48. The highest BCUT2D eigenvalue weighted by Gasteiger charge is 2.30. The number of methoxy groups -OCH3 is 1. The van der Waals surface area contributed by atoms with E-state index in [2.05, 4.69) is 5.32 Å². The van der Waals surface area contributed by atoms with Crippen molar-refractivity contribution in [2.45, 2.75) is 70.7 Å². The van der Waals surface area contributed by atoms with Crippen molar-refractivity contribution in [3.8, 4) is 5.75 Å². The highest BCUT2D eigenvalue weighted by Crippen LogP contribution is 2.28. The number of nitrogens with zero attached hydrogens (tertiary/aromatic N) is 1. The van der Waals surface area contributed by atoms with E-state index in [0.29, 0.717) is 12.3 Å². The minimum Gasteiger partial charge on any atom is -0.497 e. The Morgan fingerprint density at radius 3 is 2.50 bits per heavy atom. The molecule has 1 aliphatic rings. The van der Waals surface area contributed by atoms with Gasteiger partial charge < -0.3 is 25.1 Å². The highest BCUT2D eigenvalue weighted by atomic mass is 16.6. The maximum atomic E-state index is 12.8. The maximum absolute atomic E-state index is 12.8. The summed E-state index contributed by atoms with van der Waals surface area (Å²) in [5.41, 5.74) is 6.16. The van der Waals surface area contributed by atoms with Gasteiger partial charge in [-0.3, -0.25) is 4.79 Å². The molecule has 1 fully saturated rings. The Morgan fingerprint density at radius 2 is 1.87 bits per heavy atom. The van der Waals surface area contributed by atoms with Gasteiger partial charge in [0.05, 0.1) is 18.7 Å². The van der Waals surface area contributed by atoms with Crippen LogP contribution in [-0.2, 0) is 11.3 Å². The number of hydrogen-bond acceptors (Lipinski definition) is 5. The van der Waals surface area contributed by atoms with Gasteiger partial charge in [0.25, 0.3) is 5.56 Å². The quantitative estimate of drug-likeness (QED) is 0.780. The van der Waals surface area contributed by atoms with Crippen molar-refractivity contribution >= 4 is 17.0 Å². The number of ether oxygens (including phenoxy) is 2. The molecule has 0 bridgehead atoms. The van der Waals surface area contributed by atoms with Crippen LogP contribution < -0.4 is 21.3 Å². The molecule has 164 valence electrons. The molecule has 1 aromatic heterocycles. The summed E-state index contributed by atoms with van der Waals surface area (Å²) < 4.78 is 12.6. The number of benzene rings is 1. The van der Waals surface area contributed by atoms with E-state index in [0.717, 1.165) is 36.6 Å². The smallest absolute Gasteiger partial charge is 0.407 e. The van der Waals surface area contributed by atoms with Gasteiger partial charge in [-0.25, -0.2) is 4.79 Å². The molecular weight excluding hydrogens is 382 g/mol. The molecule has 7 heteroatoms. The van der Waals surface area contributed by atoms with E-state index in [9.17, 15) is 9.59 Å². The summed E-state index contributed by atoms with van der Waals surface area (Å²) >= 11 is 0. The van der Waals surface area contributed by atoms with Crippen molar-refractivity contribution in [3.05, 3.63) is 40.7 Å². The first-order chi connectivity index (χ1) is 14.2. The molecule has 1 saturated carbocycles. The zero-order valence-corrected chi connectivity index (χ0v) is 18.3. The molecule has 1 aliphatic carbocycles. The van der Waals surface area contributed by atoms with Crippen LogP contribution in [-0.4, -0.2) is 35.5 Å². The summed E-state index contributed by atoms with van der Waals surface area (Å²) in [7, 11) is 1.60. The number of nitrogens with one attached hydrogen (secondary N) is 1. The number of carbonyl (C=O) groups excluding carboxylic acids is 1. The second kappa shape index (κ2) is 9.08. The summed E-state index contributed by atoms with van der Waals surface area (Å²) in [5.74, 6) is 0.909. The van der Waals surface area contributed by atoms with Gasteiger partial charge in [0.15, 0.2) is 0 Å². The highest BCUT2D eigenvalue weighted by molar-refractivity contribution is 5.80. The summed E-state index contributed by atoms with van der Waals surface area (Å²) in [6.45, 7) is 5.87. The van der Waals surface area contributed by atoms with Gasteiger partial charge in [-0.1, -0.05) is 0 Å². The lowest BCUT2D eigenvalue weighted by atomic mass is 9.81. The summed E-state index contributed by atoms with van der Waals surface area (Å²) in [6, 6.07) is 9.00. The molecule has 1 heterocycles. The molecule has 30 heavy (non-hydrogen) atoms. The molecule has 2 aromatic rings. The zero-order chi connectivity index (χ0) is 21.9. The normalized spacial score (nSPS) is 20.6. The van der Waals surface area contributed by atoms with Gasteiger partial charge in [0.1, 0.15) is 11.4 Å². The second-order valence-corrected chi connectivity index (χ2v) is 9.13. The first-order valence-electron chi connectivity index (χ1n) is 10.6. The lowest BCUT2D eigenvalue weighted by molar-refractivity contribution is 0.0467. The van der Waals surface area contributed by atoms with Crippen LogP contribution in [0.5, 0.6) is 5.75 Å². The number of pyridine rings is 1. The molecule has 0 aliphatic heterocycles. The Morgan fingerprint density at radius 1 is 1.20 bits per heavy atom. The third-order valence-electron chi connectivity index (χ3n) is 5.67. The molecule has 3 rings (SSSR count). The molecule has 1 atom stereocenters. The number of fused-ring (bicyclic) bond motifs is 1. The SMILES string of the molecule is COc1ccc2ccc(=O)n(CC(NC(=O)OC(C)(C)C)[C@H]3CC[C@H](N)CC3)c2c1. The van der Waals surface area contributed by atoms with Crippen molar-refractivity contribution in [2.24, 2.45) is 11.7 Å². The van der Waals surface area contributed by atoms with Crippen molar-refractivity contribution in [3.63, 3.8) is 0 Å². The van der Waals surface area contributed by atoms with Crippen LogP contribution in [0.15, 0.2) is 35.1 Å². The van der Waals surface area contributed by atoms with Crippen LogP contribution in [0.4, 0.5) is 4.79 Å². The van der Waals surface area contributed by atoms with E-state index in [4.69, 9.17) is 15.2 Å². The van der Waals surface area contributed by atoms with Gasteiger partial charge in [-0.05, 0) is 76.0 Å². The van der Waals surface area contributed by atoms with E-state index >= 15 is 0 Å². The van der Waals surface area contributed by atoms with Crippen molar-refractivity contribution in [2.75, 3.05) is 7.11 Å². The number of alkyl carbamates (subject to hydrolysis) is 1. The molecule has 3 N–H and O–H groups in total. The minimum absolute atomic E-state index is 0.112. The number of aromatic nitrogens is 1. The van der Waals surface area contributed by atoms with E-state index < -0.39 is 11.7 Å². The van der Waals surface area contributed by atoms with Gasteiger partial charge in [-0.15, -0.1) is 0 Å². The molecule has 1 unspecified atom stereocenters. The second-order valence-electron chi connectivity index (χ2n) is 9.13. The van der Waals surface area contributed by atoms with Crippen molar-refractivity contribution < 1.29 is 14.3 Å². The van der Waals surface area contributed by atoms with Gasteiger partial charge in [-0.2, -0.15) is 0 Å². The zero-order valence-electron chi connectivity index (χ0n) is 18.3. The topological polar surface area (TPSA) is 95.6 Å². The predicted molar refractivity (Wildman–Crippen MR) is 118 cm³/mol. The third kappa shape index (κ3) is 5.53. The first kappa shape index (κ1) is 22.2. The maximum Gasteiger partial charge on any atom is 0.407 e. The molecular formula is C23H33N3O4. The van der Waals surface area contributed by atoms with E-state index in [-0.39, 0.29) is 23.6 Å². The number of hydrogen-bond donors (Lipinski definition) is 2. The standard InChI is InChI=1S/C23H33N3O4/c1-23(2,3)30-22(28)25-19(15-5-9-17(24)10-6-15)14-26-20-13-18(29-4)11-7-16(20)8-12-21(26)27/h7-8,11-13,15,17,19H,5-6,9-10,14,24H2,1-4H3,(H,25,28)/t15-,17-,19?. The minimum atomic E-state index is -0.590. The Labute approximate surface area is 177 Å². The van der Waals surface area contributed by atoms with Crippen LogP contribution in [0.3, 0.4) is 0 Å². The summed E-state index contributed by atoms with van der Waals surface area (Å²) in [4.78, 5) is 25.3. The molecule has 1 aromatic carbocycles. The van der Waals surface area contributed by atoms with E-state index in [1.807, 2.05) is 45.0 Å². The Bertz CT molecular complexity index is 940. The Kier molecular flexibility index (Phi) is 6.71. The number of amides is 1. The van der Waals surface area contributed by atoms with Gasteiger partial charge >= 0.3 is 6.09 Å². The summed E-state index contributed by atoms with van der Waals surface area (Å²) in [5, 5.41) is 3.98. The molecule has 0 radical (unpaired) electrons. The number of nitrogens with two attached hydrogens (primary N) is 1. The van der Waals surface area contributed by atoms with Gasteiger partial charge in [0, 0.05) is 24.7 Å². The predicted octanol–water partition coefficient (Wildman–Crippen LogP) is 3.42. The van der Waals surface area contributed by atoms with Crippen LogP contribution in [0, 0.1) is 5.92 Å². The van der Waals surface area contributed by atoms with Gasteiger partial charge in [0.2, 0.25) is 0 Å². The number of carbonyl (C=O) groups is 1. The van der Waals surface area contributed by atoms with Crippen LogP contribution in [0.25, 0.3) is 10.9 Å². The van der Waals surface area contributed by atoms with Crippen LogP contribution in [0.2, 0.25) is 0 Å². The Balaban J connectivity index is 1.93. The van der Waals surface area contributed by atoms with Crippen LogP contribution >= 0.6 is 0 Å². The number of rotatable bonds is 5. The molecule has 7 nitrogen and oxygen atoms in total. The largest absolute Gasteiger partial charge is 0.497 e. The monoisotopic (exact) mass is 415 g/mol. The average Bonchev–Trinajstić information content (AvgIpc) is 2.68. The average molecular weight is 416 g/mol. The Hall–Kier alpha value is -2.54. The van der Waals surface area contributed by atoms with Crippen LogP contribution in [0.1, 0.15) is 46.5 Å². The van der Waals surface area contributed by atoms with Crippen molar-refractivity contribution in [1.82, 2.24) is 9.88 Å². The lowest BCUT2D eigenvalue weighted by Gasteiger charge is -2.34. The molecule has 0 saturated heterocycles. The first-order valence-corrected chi connectivity index (χ1v) is 10.6. The van der Waals surface area contributed by atoms with Crippen molar-refractivity contribution in [1.29, 1.82) is 0 Å². The van der Waals surface area contributed by atoms with E-state index in [1.54, 1.807) is 17.7 Å². The fraction of sp³-hybridized carbons (Fsp3) is 0.565.